The predicted octanol–water partition coefficient (Wildman–Crippen LogP) is 2.18. The minimum atomic E-state index is 0. The summed E-state index contributed by atoms with van der Waals surface area (Å²) in [6.07, 6.45) is 0. The molecule has 1 aromatic carbocycles. The van der Waals surface area contributed by atoms with Crippen molar-refractivity contribution in [3.63, 3.8) is 0 Å². The van der Waals surface area contributed by atoms with Crippen LogP contribution in [0.5, 0.6) is 11.5 Å². The summed E-state index contributed by atoms with van der Waals surface area (Å²) >= 11 is 6.36. The number of nitrogens with zero attached hydrogens (tertiary/aromatic N) is 1. The zero-order chi connectivity index (χ0) is 13.0. The molecule has 108 valence electrons. The second-order valence-electron chi connectivity index (χ2n) is 4.30. The summed E-state index contributed by atoms with van der Waals surface area (Å²) in [5, 5.41) is 3.99. The summed E-state index contributed by atoms with van der Waals surface area (Å²) in [6, 6.07) is 3.91. The number of methoxy groups -OCH3 is 2. The second kappa shape index (κ2) is 7.80. The van der Waals surface area contributed by atoms with Crippen molar-refractivity contribution in [2.45, 2.75) is 6.54 Å². The standard InChI is InChI=1S/C13H19ClN2O2.ClH/c1-17-11-4-3-10(12(14)13(11)18-2)9-16-7-5-15-6-8-16;/h3-4,15H,5-9H2,1-2H3;1H. The largest absolute Gasteiger partial charge is 0.493 e. The SMILES string of the molecule is COc1ccc(CN2CCNCC2)c(Cl)c1OC.Cl. The number of rotatable bonds is 4. The molecule has 0 radical (unpaired) electrons. The number of piperazine rings is 1. The number of hydrogen-bond acceptors (Lipinski definition) is 4. The van der Waals surface area contributed by atoms with Crippen molar-refractivity contribution < 1.29 is 9.47 Å². The van der Waals surface area contributed by atoms with E-state index in [0.717, 1.165) is 38.3 Å². The van der Waals surface area contributed by atoms with E-state index in [9.17, 15) is 0 Å². The zero-order valence-corrected chi connectivity index (χ0v) is 12.8. The second-order valence-corrected chi connectivity index (χ2v) is 4.68. The van der Waals surface area contributed by atoms with Gasteiger partial charge < -0.3 is 14.8 Å². The van der Waals surface area contributed by atoms with Gasteiger partial charge in [0.1, 0.15) is 0 Å². The van der Waals surface area contributed by atoms with E-state index in [1.54, 1.807) is 14.2 Å². The Morgan fingerprint density at radius 2 is 1.89 bits per heavy atom. The molecule has 0 bridgehead atoms. The van der Waals surface area contributed by atoms with E-state index in [2.05, 4.69) is 10.2 Å². The Labute approximate surface area is 125 Å². The van der Waals surface area contributed by atoms with Gasteiger partial charge in [0, 0.05) is 32.7 Å². The molecule has 1 N–H and O–H groups in total. The summed E-state index contributed by atoms with van der Waals surface area (Å²) in [6.45, 7) is 5.01. The molecule has 2 rings (SSSR count). The Hall–Kier alpha value is -0.680. The average molecular weight is 307 g/mol. The highest BCUT2D eigenvalue weighted by Crippen LogP contribution is 2.37. The first-order valence-electron chi connectivity index (χ1n) is 6.08. The van der Waals surface area contributed by atoms with Gasteiger partial charge in [-0.1, -0.05) is 17.7 Å². The van der Waals surface area contributed by atoms with Crippen molar-refractivity contribution in [3.8, 4) is 11.5 Å². The Morgan fingerprint density at radius 3 is 2.47 bits per heavy atom. The molecular formula is C13H20Cl2N2O2. The molecule has 6 heteroatoms. The Morgan fingerprint density at radius 1 is 1.21 bits per heavy atom. The Balaban J connectivity index is 0.00000180. The molecule has 1 aliphatic rings. The van der Waals surface area contributed by atoms with Gasteiger partial charge in [0.15, 0.2) is 11.5 Å². The van der Waals surface area contributed by atoms with Crippen LogP contribution >= 0.6 is 24.0 Å². The molecule has 0 atom stereocenters. The van der Waals surface area contributed by atoms with Crippen LogP contribution in [0.2, 0.25) is 5.02 Å². The van der Waals surface area contributed by atoms with Crippen molar-refractivity contribution in [2.75, 3.05) is 40.4 Å². The van der Waals surface area contributed by atoms with Crippen molar-refractivity contribution >= 4 is 24.0 Å². The van der Waals surface area contributed by atoms with Gasteiger partial charge in [0.25, 0.3) is 0 Å². The molecule has 1 fully saturated rings. The third-order valence-corrected chi connectivity index (χ3v) is 3.58. The van der Waals surface area contributed by atoms with Crippen LogP contribution in [0.25, 0.3) is 0 Å². The summed E-state index contributed by atoms with van der Waals surface area (Å²) < 4.78 is 10.5. The fourth-order valence-electron chi connectivity index (χ4n) is 2.16. The fourth-order valence-corrected chi connectivity index (χ4v) is 2.46. The molecule has 0 saturated carbocycles. The highest BCUT2D eigenvalue weighted by atomic mass is 35.5. The van der Waals surface area contributed by atoms with Crippen LogP contribution in [-0.4, -0.2) is 45.3 Å². The maximum Gasteiger partial charge on any atom is 0.179 e. The fraction of sp³-hybridized carbons (Fsp3) is 0.538. The molecule has 0 aromatic heterocycles. The van der Waals surface area contributed by atoms with Crippen LogP contribution in [0.4, 0.5) is 0 Å². The minimum absolute atomic E-state index is 0. The van der Waals surface area contributed by atoms with Gasteiger partial charge in [0.05, 0.1) is 19.2 Å². The molecule has 0 unspecified atom stereocenters. The van der Waals surface area contributed by atoms with Crippen LogP contribution in [0.3, 0.4) is 0 Å². The number of benzene rings is 1. The maximum absolute atomic E-state index is 6.36. The predicted molar refractivity (Wildman–Crippen MR) is 80.0 cm³/mol. The minimum Gasteiger partial charge on any atom is -0.493 e. The van der Waals surface area contributed by atoms with Crippen molar-refractivity contribution in [1.82, 2.24) is 10.2 Å². The Bertz CT molecular complexity index is 410. The lowest BCUT2D eigenvalue weighted by molar-refractivity contribution is 0.233. The lowest BCUT2D eigenvalue weighted by Gasteiger charge is -2.27. The lowest BCUT2D eigenvalue weighted by Crippen LogP contribution is -2.42. The van der Waals surface area contributed by atoms with E-state index in [0.29, 0.717) is 16.5 Å². The Kier molecular flexibility index (Phi) is 6.72. The number of hydrogen-bond donors (Lipinski definition) is 1. The van der Waals surface area contributed by atoms with E-state index in [1.807, 2.05) is 12.1 Å². The third-order valence-electron chi connectivity index (χ3n) is 3.17. The number of ether oxygens (including phenoxy) is 2. The van der Waals surface area contributed by atoms with Gasteiger partial charge in [-0.05, 0) is 11.6 Å². The van der Waals surface area contributed by atoms with Gasteiger partial charge in [0.2, 0.25) is 0 Å². The number of halogens is 2. The first-order valence-corrected chi connectivity index (χ1v) is 6.46. The van der Waals surface area contributed by atoms with Crippen molar-refractivity contribution in [2.24, 2.45) is 0 Å². The first-order chi connectivity index (χ1) is 8.76. The topological polar surface area (TPSA) is 33.7 Å². The molecule has 0 spiro atoms. The highest BCUT2D eigenvalue weighted by molar-refractivity contribution is 6.33. The normalized spacial score (nSPS) is 15.7. The van der Waals surface area contributed by atoms with Crippen molar-refractivity contribution in [1.29, 1.82) is 0 Å². The molecule has 1 saturated heterocycles. The summed E-state index contributed by atoms with van der Waals surface area (Å²) in [4.78, 5) is 2.38. The monoisotopic (exact) mass is 306 g/mol. The summed E-state index contributed by atoms with van der Waals surface area (Å²) in [7, 11) is 3.22. The molecule has 0 amide bonds. The van der Waals surface area contributed by atoms with Crippen LogP contribution in [0, 0.1) is 0 Å². The van der Waals surface area contributed by atoms with Crippen molar-refractivity contribution in [3.05, 3.63) is 22.7 Å². The maximum atomic E-state index is 6.36. The van der Waals surface area contributed by atoms with Crippen LogP contribution in [-0.2, 0) is 6.54 Å². The third kappa shape index (κ3) is 3.89. The van der Waals surface area contributed by atoms with Gasteiger partial charge >= 0.3 is 0 Å². The van der Waals surface area contributed by atoms with Gasteiger partial charge in [-0.2, -0.15) is 0 Å². The molecular weight excluding hydrogens is 287 g/mol. The van der Waals surface area contributed by atoms with E-state index in [4.69, 9.17) is 21.1 Å². The van der Waals surface area contributed by atoms with E-state index in [1.165, 1.54) is 0 Å². The lowest BCUT2D eigenvalue weighted by atomic mass is 10.1. The van der Waals surface area contributed by atoms with Crippen LogP contribution < -0.4 is 14.8 Å². The van der Waals surface area contributed by atoms with Gasteiger partial charge in [-0.15, -0.1) is 12.4 Å². The summed E-state index contributed by atoms with van der Waals surface area (Å²) in [5.41, 5.74) is 1.08. The molecule has 4 nitrogen and oxygen atoms in total. The van der Waals surface area contributed by atoms with E-state index >= 15 is 0 Å². The van der Waals surface area contributed by atoms with Crippen LogP contribution in [0.15, 0.2) is 12.1 Å². The molecule has 1 heterocycles. The molecule has 0 aliphatic carbocycles. The molecule has 19 heavy (non-hydrogen) atoms. The average Bonchev–Trinajstić information content (AvgIpc) is 2.42. The molecule has 1 aromatic rings. The van der Waals surface area contributed by atoms with Gasteiger partial charge in [-0.3, -0.25) is 4.90 Å². The smallest absolute Gasteiger partial charge is 0.179 e. The van der Waals surface area contributed by atoms with Crippen LogP contribution in [0.1, 0.15) is 5.56 Å². The molecule has 1 aliphatic heterocycles. The van der Waals surface area contributed by atoms with E-state index < -0.39 is 0 Å². The first kappa shape index (κ1) is 16.4. The highest BCUT2D eigenvalue weighted by Gasteiger charge is 2.16. The quantitative estimate of drug-likeness (QED) is 0.924. The van der Waals surface area contributed by atoms with E-state index in [-0.39, 0.29) is 12.4 Å². The van der Waals surface area contributed by atoms with Gasteiger partial charge in [-0.25, -0.2) is 0 Å². The number of nitrogens with one attached hydrogen (secondary N) is 1. The zero-order valence-electron chi connectivity index (χ0n) is 11.2. The summed E-state index contributed by atoms with van der Waals surface area (Å²) in [5.74, 6) is 1.29.